The standard InChI is InChI=1S/C8H4ClF2N3O2S/c9-17(15,16)8-12-7(13-14-8)5-2-1-4(10)3-6(5)11/h1-3H,(H,12,13,14). The predicted molar refractivity (Wildman–Crippen MR) is 54.8 cm³/mol. The van der Waals surface area contributed by atoms with Gasteiger partial charge in [0.1, 0.15) is 11.6 Å². The van der Waals surface area contributed by atoms with Crippen molar-refractivity contribution in [3.8, 4) is 11.4 Å². The number of halogens is 3. The fourth-order valence-electron chi connectivity index (χ4n) is 1.15. The van der Waals surface area contributed by atoms with Gasteiger partial charge in [-0.2, -0.15) is 10.1 Å². The second kappa shape index (κ2) is 4.04. The summed E-state index contributed by atoms with van der Waals surface area (Å²) in [6.07, 6.45) is 0. The van der Waals surface area contributed by atoms with E-state index in [1.54, 1.807) is 0 Å². The fraction of sp³-hybridized carbons (Fsp3) is 0. The van der Waals surface area contributed by atoms with Crippen molar-refractivity contribution in [1.82, 2.24) is 15.2 Å². The Morgan fingerprint density at radius 3 is 2.53 bits per heavy atom. The first-order valence-corrected chi connectivity index (χ1v) is 6.51. The predicted octanol–water partition coefficient (Wildman–Crippen LogP) is 1.68. The number of aromatic amines is 1. The van der Waals surface area contributed by atoms with Gasteiger partial charge in [-0.25, -0.2) is 22.3 Å². The molecule has 1 aromatic heterocycles. The van der Waals surface area contributed by atoms with Gasteiger partial charge in [-0.1, -0.05) is 0 Å². The molecule has 0 spiro atoms. The number of aromatic nitrogens is 3. The second-order valence-electron chi connectivity index (χ2n) is 3.03. The highest BCUT2D eigenvalue weighted by Gasteiger charge is 2.18. The molecule has 0 aliphatic carbocycles. The Kier molecular flexibility index (Phi) is 2.84. The summed E-state index contributed by atoms with van der Waals surface area (Å²) in [5.74, 6) is -1.88. The summed E-state index contributed by atoms with van der Waals surface area (Å²) in [4.78, 5) is 3.49. The molecule has 0 unspecified atom stereocenters. The first kappa shape index (κ1) is 11.9. The summed E-state index contributed by atoms with van der Waals surface area (Å²) in [6.45, 7) is 0. The highest BCUT2D eigenvalue weighted by molar-refractivity contribution is 8.13. The van der Waals surface area contributed by atoms with E-state index in [1.807, 2.05) is 5.10 Å². The van der Waals surface area contributed by atoms with Gasteiger partial charge in [-0.05, 0) is 12.1 Å². The number of hydrogen-bond acceptors (Lipinski definition) is 4. The number of nitrogens with zero attached hydrogens (tertiary/aromatic N) is 2. The van der Waals surface area contributed by atoms with E-state index in [2.05, 4.69) is 10.1 Å². The lowest BCUT2D eigenvalue weighted by molar-refractivity contribution is 0.584. The Bertz CT molecular complexity index is 671. The van der Waals surface area contributed by atoms with Crippen LogP contribution in [0.15, 0.2) is 23.4 Å². The average Bonchev–Trinajstić information content (AvgIpc) is 2.65. The van der Waals surface area contributed by atoms with Crippen LogP contribution in [0.25, 0.3) is 11.4 Å². The maximum Gasteiger partial charge on any atom is 0.296 e. The van der Waals surface area contributed by atoms with Crippen molar-refractivity contribution in [2.45, 2.75) is 5.16 Å². The summed E-state index contributed by atoms with van der Waals surface area (Å²) in [6, 6.07) is 2.74. The van der Waals surface area contributed by atoms with Gasteiger partial charge in [0, 0.05) is 16.7 Å². The van der Waals surface area contributed by atoms with Crippen LogP contribution in [0.3, 0.4) is 0 Å². The van der Waals surface area contributed by atoms with Gasteiger partial charge >= 0.3 is 0 Å². The highest BCUT2D eigenvalue weighted by Crippen LogP contribution is 2.21. The topological polar surface area (TPSA) is 75.7 Å². The molecule has 5 nitrogen and oxygen atoms in total. The lowest BCUT2D eigenvalue weighted by Gasteiger charge is -1.96. The van der Waals surface area contributed by atoms with Crippen molar-refractivity contribution in [2.75, 3.05) is 0 Å². The normalized spacial score (nSPS) is 11.7. The molecule has 0 radical (unpaired) electrons. The molecule has 0 aliphatic rings. The SMILES string of the molecule is O=S(=O)(Cl)c1nc(-c2ccc(F)cc2F)n[nH]1. The van der Waals surface area contributed by atoms with E-state index >= 15 is 0 Å². The molecule has 0 aliphatic heterocycles. The summed E-state index contributed by atoms with van der Waals surface area (Å²) in [7, 11) is 0.945. The van der Waals surface area contributed by atoms with Crippen molar-refractivity contribution in [3.05, 3.63) is 29.8 Å². The molecule has 90 valence electrons. The van der Waals surface area contributed by atoms with Gasteiger partial charge in [0.15, 0.2) is 5.82 Å². The van der Waals surface area contributed by atoms with E-state index in [-0.39, 0.29) is 11.4 Å². The number of benzene rings is 1. The van der Waals surface area contributed by atoms with Gasteiger partial charge in [0.2, 0.25) is 0 Å². The summed E-state index contributed by atoms with van der Waals surface area (Å²) < 4.78 is 47.8. The maximum absolute atomic E-state index is 13.3. The third-order valence-corrected chi connectivity index (χ3v) is 2.95. The van der Waals surface area contributed by atoms with Crippen LogP contribution in [0, 0.1) is 11.6 Å². The third-order valence-electron chi connectivity index (χ3n) is 1.87. The molecule has 0 fully saturated rings. The van der Waals surface area contributed by atoms with E-state index in [4.69, 9.17) is 10.7 Å². The quantitative estimate of drug-likeness (QED) is 0.849. The van der Waals surface area contributed by atoms with Gasteiger partial charge < -0.3 is 0 Å². The smallest absolute Gasteiger partial charge is 0.248 e. The number of rotatable bonds is 2. The summed E-state index contributed by atoms with van der Waals surface area (Å²) >= 11 is 0. The molecule has 1 aromatic carbocycles. The minimum Gasteiger partial charge on any atom is -0.248 e. The Balaban J connectivity index is 2.51. The van der Waals surface area contributed by atoms with E-state index in [9.17, 15) is 17.2 Å². The lowest BCUT2D eigenvalue weighted by atomic mass is 10.2. The molecule has 0 bridgehead atoms. The monoisotopic (exact) mass is 279 g/mol. The molecule has 0 atom stereocenters. The van der Waals surface area contributed by atoms with Crippen LogP contribution >= 0.6 is 10.7 Å². The zero-order valence-corrected chi connectivity index (χ0v) is 9.56. The lowest BCUT2D eigenvalue weighted by Crippen LogP contribution is -1.93. The molecule has 0 saturated heterocycles. The molecule has 9 heteroatoms. The second-order valence-corrected chi connectivity index (χ2v) is 5.51. The Labute approximate surface area is 98.9 Å². The van der Waals surface area contributed by atoms with Crippen molar-refractivity contribution in [2.24, 2.45) is 0 Å². The van der Waals surface area contributed by atoms with Gasteiger partial charge in [-0.3, -0.25) is 0 Å². The zero-order chi connectivity index (χ0) is 12.6. The van der Waals surface area contributed by atoms with Gasteiger partial charge in [0.05, 0.1) is 5.56 Å². The van der Waals surface area contributed by atoms with Crippen LogP contribution in [0.5, 0.6) is 0 Å². The van der Waals surface area contributed by atoms with Crippen LogP contribution in [0.1, 0.15) is 0 Å². The molecule has 1 N–H and O–H groups in total. The number of hydrogen-bond donors (Lipinski definition) is 1. The van der Waals surface area contributed by atoms with Crippen molar-refractivity contribution in [3.63, 3.8) is 0 Å². The van der Waals surface area contributed by atoms with E-state index < -0.39 is 25.8 Å². The molecule has 17 heavy (non-hydrogen) atoms. The molecular formula is C8H4ClF2N3O2S. The highest BCUT2D eigenvalue weighted by atomic mass is 35.7. The Hall–Kier alpha value is -1.54. The summed E-state index contributed by atoms with van der Waals surface area (Å²) in [5, 5.41) is 4.93. The molecule has 2 rings (SSSR count). The molecule has 0 amide bonds. The van der Waals surface area contributed by atoms with Crippen LogP contribution in [-0.4, -0.2) is 23.6 Å². The minimum absolute atomic E-state index is 0.130. The molecule has 1 heterocycles. The Morgan fingerprint density at radius 2 is 2.00 bits per heavy atom. The fourth-order valence-corrected chi connectivity index (χ4v) is 1.70. The molecule has 0 saturated carbocycles. The molecular weight excluding hydrogens is 276 g/mol. The Morgan fingerprint density at radius 1 is 1.29 bits per heavy atom. The van der Waals surface area contributed by atoms with Gasteiger partial charge in [0.25, 0.3) is 14.2 Å². The van der Waals surface area contributed by atoms with Crippen molar-refractivity contribution in [1.29, 1.82) is 0 Å². The van der Waals surface area contributed by atoms with Crippen LogP contribution in [-0.2, 0) is 9.05 Å². The minimum atomic E-state index is -4.06. The number of H-pyrrole nitrogens is 1. The van der Waals surface area contributed by atoms with Crippen LogP contribution in [0.4, 0.5) is 8.78 Å². The zero-order valence-electron chi connectivity index (χ0n) is 7.99. The van der Waals surface area contributed by atoms with E-state index in [1.165, 1.54) is 0 Å². The first-order chi connectivity index (χ1) is 7.88. The average molecular weight is 280 g/mol. The van der Waals surface area contributed by atoms with Crippen LogP contribution in [0.2, 0.25) is 0 Å². The van der Waals surface area contributed by atoms with Crippen molar-refractivity contribution >= 4 is 19.7 Å². The summed E-state index contributed by atoms with van der Waals surface area (Å²) in [5.41, 5.74) is -0.130. The largest absolute Gasteiger partial charge is 0.296 e. The maximum atomic E-state index is 13.3. The third kappa shape index (κ3) is 2.42. The van der Waals surface area contributed by atoms with Crippen molar-refractivity contribution < 1.29 is 17.2 Å². The first-order valence-electron chi connectivity index (χ1n) is 4.20. The van der Waals surface area contributed by atoms with Crippen LogP contribution < -0.4 is 0 Å². The van der Waals surface area contributed by atoms with E-state index in [0.717, 1.165) is 12.1 Å². The van der Waals surface area contributed by atoms with Gasteiger partial charge in [-0.15, -0.1) is 0 Å². The molecule has 2 aromatic rings. The van der Waals surface area contributed by atoms with E-state index in [0.29, 0.717) is 6.07 Å². The number of nitrogens with one attached hydrogen (secondary N) is 1.